The van der Waals surface area contributed by atoms with Crippen LogP contribution >= 0.6 is 11.6 Å². The number of carbonyl (C=O) groups excluding carboxylic acids is 2. The number of carbonyl (C=O) groups is 2. The van der Waals surface area contributed by atoms with Crippen molar-refractivity contribution < 1.29 is 14.3 Å². The third-order valence-electron chi connectivity index (χ3n) is 2.70. The van der Waals surface area contributed by atoms with Gasteiger partial charge in [-0.25, -0.2) is 4.79 Å². The lowest BCUT2D eigenvalue weighted by Gasteiger charge is -2.16. The molecule has 116 valence electrons. The maximum atomic E-state index is 11.7. The molecule has 0 heterocycles. The zero-order valence-electron chi connectivity index (χ0n) is 12.5. The zero-order valence-corrected chi connectivity index (χ0v) is 13.2. The second-order valence-corrected chi connectivity index (χ2v) is 5.34. The minimum atomic E-state index is -0.347. The van der Waals surface area contributed by atoms with E-state index in [2.05, 4.69) is 10.6 Å². The molecule has 2 amide bonds. The Bertz CT molecular complexity index is 492. The minimum Gasteiger partial charge on any atom is -0.463 e. The minimum absolute atomic E-state index is 0.145. The van der Waals surface area contributed by atoms with Crippen molar-refractivity contribution in [2.45, 2.75) is 39.3 Å². The monoisotopic (exact) mass is 312 g/mol. The Hall–Kier alpha value is -1.75. The molecule has 0 saturated carbocycles. The molecule has 0 spiro atoms. The standard InChI is InChI=1S/C15H21ClN2O3/c1-10(2)21-14(19)8-9-17-15(20)18-11(3)12-6-4-5-7-13(12)16/h4-7,10-11H,8-9H2,1-3H3,(H2,17,18,20). The Morgan fingerprint density at radius 3 is 2.52 bits per heavy atom. The van der Waals surface area contributed by atoms with Crippen LogP contribution in [-0.4, -0.2) is 24.6 Å². The Labute approximate surface area is 130 Å². The summed E-state index contributed by atoms with van der Waals surface area (Å²) >= 11 is 6.06. The lowest BCUT2D eigenvalue weighted by Crippen LogP contribution is -2.38. The molecule has 6 heteroatoms. The van der Waals surface area contributed by atoms with Gasteiger partial charge in [0.2, 0.25) is 0 Å². The Morgan fingerprint density at radius 1 is 1.24 bits per heavy atom. The fourth-order valence-corrected chi connectivity index (χ4v) is 2.05. The molecule has 5 nitrogen and oxygen atoms in total. The first kappa shape index (κ1) is 17.3. The lowest BCUT2D eigenvalue weighted by molar-refractivity contribution is -0.147. The molecule has 1 rings (SSSR count). The van der Waals surface area contributed by atoms with Gasteiger partial charge in [0.05, 0.1) is 18.6 Å². The van der Waals surface area contributed by atoms with Crippen LogP contribution in [0.1, 0.15) is 38.8 Å². The summed E-state index contributed by atoms with van der Waals surface area (Å²) in [5.41, 5.74) is 0.841. The third-order valence-corrected chi connectivity index (χ3v) is 3.05. The summed E-state index contributed by atoms with van der Waals surface area (Å²) in [6.45, 7) is 5.63. The summed E-state index contributed by atoms with van der Waals surface area (Å²) in [6, 6.07) is 6.75. The highest BCUT2D eigenvalue weighted by Gasteiger charge is 2.12. The molecule has 1 aromatic carbocycles. The van der Waals surface area contributed by atoms with Crippen molar-refractivity contribution in [1.82, 2.24) is 10.6 Å². The number of ether oxygens (including phenoxy) is 1. The van der Waals surface area contributed by atoms with Gasteiger partial charge in [0, 0.05) is 11.6 Å². The van der Waals surface area contributed by atoms with Gasteiger partial charge in [0.25, 0.3) is 0 Å². The van der Waals surface area contributed by atoms with Crippen LogP contribution < -0.4 is 10.6 Å². The number of halogens is 1. The van der Waals surface area contributed by atoms with E-state index in [1.165, 1.54) is 0 Å². The molecular formula is C15H21ClN2O3. The van der Waals surface area contributed by atoms with Crippen LogP contribution in [0.2, 0.25) is 5.02 Å². The van der Waals surface area contributed by atoms with Crippen LogP contribution in [0, 0.1) is 0 Å². The first-order chi connectivity index (χ1) is 9.90. The summed E-state index contributed by atoms with van der Waals surface area (Å²) in [5, 5.41) is 5.98. The zero-order chi connectivity index (χ0) is 15.8. The van der Waals surface area contributed by atoms with Crippen LogP contribution in [0.25, 0.3) is 0 Å². The summed E-state index contributed by atoms with van der Waals surface area (Å²) < 4.78 is 4.97. The molecule has 0 aliphatic rings. The number of rotatable bonds is 6. The van der Waals surface area contributed by atoms with E-state index in [0.717, 1.165) is 5.56 Å². The molecule has 0 radical (unpaired) electrons. The maximum absolute atomic E-state index is 11.7. The van der Waals surface area contributed by atoms with Crippen molar-refractivity contribution in [3.8, 4) is 0 Å². The normalized spacial score (nSPS) is 11.9. The van der Waals surface area contributed by atoms with Gasteiger partial charge < -0.3 is 15.4 Å². The van der Waals surface area contributed by atoms with Crippen LogP contribution in [0.3, 0.4) is 0 Å². The molecule has 2 N–H and O–H groups in total. The number of nitrogens with one attached hydrogen (secondary N) is 2. The molecular weight excluding hydrogens is 292 g/mol. The Morgan fingerprint density at radius 2 is 1.90 bits per heavy atom. The van der Waals surface area contributed by atoms with E-state index < -0.39 is 0 Å². The van der Waals surface area contributed by atoms with Gasteiger partial charge in [0.1, 0.15) is 0 Å². The van der Waals surface area contributed by atoms with Gasteiger partial charge in [-0.2, -0.15) is 0 Å². The van der Waals surface area contributed by atoms with Crippen LogP contribution in [-0.2, 0) is 9.53 Å². The van der Waals surface area contributed by atoms with E-state index in [9.17, 15) is 9.59 Å². The molecule has 21 heavy (non-hydrogen) atoms. The van der Waals surface area contributed by atoms with Crippen LogP contribution in [0.15, 0.2) is 24.3 Å². The van der Waals surface area contributed by atoms with E-state index in [-0.39, 0.29) is 37.1 Å². The van der Waals surface area contributed by atoms with Crippen molar-refractivity contribution in [2.75, 3.05) is 6.54 Å². The van der Waals surface area contributed by atoms with E-state index in [4.69, 9.17) is 16.3 Å². The van der Waals surface area contributed by atoms with Gasteiger partial charge in [-0.3, -0.25) is 4.79 Å². The van der Waals surface area contributed by atoms with Crippen LogP contribution in [0.5, 0.6) is 0 Å². The molecule has 1 atom stereocenters. The van der Waals surface area contributed by atoms with Crippen molar-refractivity contribution in [3.05, 3.63) is 34.9 Å². The number of hydrogen-bond acceptors (Lipinski definition) is 3. The van der Waals surface area contributed by atoms with Crippen molar-refractivity contribution in [2.24, 2.45) is 0 Å². The molecule has 0 fully saturated rings. The van der Waals surface area contributed by atoms with Gasteiger partial charge >= 0.3 is 12.0 Å². The SMILES string of the molecule is CC(C)OC(=O)CCNC(=O)NC(C)c1ccccc1Cl. The van der Waals surface area contributed by atoms with Gasteiger partial charge in [-0.1, -0.05) is 29.8 Å². The molecule has 0 aliphatic carbocycles. The molecule has 1 unspecified atom stereocenters. The largest absolute Gasteiger partial charge is 0.463 e. The van der Waals surface area contributed by atoms with Crippen LogP contribution in [0.4, 0.5) is 4.79 Å². The first-order valence-corrected chi connectivity index (χ1v) is 7.26. The highest BCUT2D eigenvalue weighted by molar-refractivity contribution is 6.31. The fraction of sp³-hybridized carbons (Fsp3) is 0.467. The number of amides is 2. The maximum Gasteiger partial charge on any atom is 0.315 e. The summed E-state index contributed by atoms with van der Waals surface area (Å²) in [7, 11) is 0. The van der Waals surface area contributed by atoms with E-state index in [1.807, 2.05) is 25.1 Å². The summed E-state index contributed by atoms with van der Waals surface area (Å²) in [5.74, 6) is -0.329. The van der Waals surface area contributed by atoms with Crippen molar-refractivity contribution in [1.29, 1.82) is 0 Å². The average molecular weight is 313 g/mol. The van der Waals surface area contributed by atoms with Gasteiger partial charge in [-0.05, 0) is 32.4 Å². The predicted molar refractivity (Wildman–Crippen MR) is 82.2 cm³/mol. The Kier molecular flexibility index (Phi) is 7.02. The second-order valence-electron chi connectivity index (χ2n) is 4.93. The smallest absolute Gasteiger partial charge is 0.315 e. The number of benzene rings is 1. The second kappa shape index (κ2) is 8.52. The third kappa shape index (κ3) is 6.49. The van der Waals surface area contributed by atoms with E-state index in [1.54, 1.807) is 19.9 Å². The number of hydrogen-bond donors (Lipinski definition) is 2. The Balaban J connectivity index is 2.34. The number of urea groups is 1. The molecule has 0 bridgehead atoms. The molecule has 1 aromatic rings. The quantitative estimate of drug-likeness (QED) is 0.793. The fourth-order valence-electron chi connectivity index (χ4n) is 1.75. The first-order valence-electron chi connectivity index (χ1n) is 6.88. The highest BCUT2D eigenvalue weighted by atomic mass is 35.5. The highest BCUT2D eigenvalue weighted by Crippen LogP contribution is 2.21. The summed E-state index contributed by atoms with van der Waals surface area (Å²) in [6.07, 6.45) is -0.00178. The van der Waals surface area contributed by atoms with Crippen molar-refractivity contribution >= 4 is 23.6 Å². The topological polar surface area (TPSA) is 67.4 Å². The average Bonchev–Trinajstić information content (AvgIpc) is 2.38. The van der Waals surface area contributed by atoms with Crippen molar-refractivity contribution in [3.63, 3.8) is 0 Å². The molecule has 0 aliphatic heterocycles. The molecule has 0 aromatic heterocycles. The number of esters is 1. The van der Waals surface area contributed by atoms with Gasteiger partial charge in [0.15, 0.2) is 0 Å². The molecule has 0 saturated heterocycles. The summed E-state index contributed by atoms with van der Waals surface area (Å²) in [4.78, 5) is 23.0. The predicted octanol–water partition coefficient (Wildman–Crippen LogP) is 3.04. The van der Waals surface area contributed by atoms with E-state index in [0.29, 0.717) is 5.02 Å². The lowest BCUT2D eigenvalue weighted by atomic mass is 10.1. The van der Waals surface area contributed by atoms with E-state index >= 15 is 0 Å². The van der Waals surface area contributed by atoms with Gasteiger partial charge in [-0.15, -0.1) is 0 Å².